The van der Waals surface area contributed by atoms with Crippen LogP contribution in [0.2, 0.25) is 0 Å². The monoisotopic (exact) mass is 530 g/mol. The van der Waals surface area contributed by atoms with Gasteiger partial charge in [0, 0.05) is 32.6 Å². The number of hydrogen-bond donors (Lipinski definition) is 3. The van der Waals surface area contributed by atoms with Crippen LogP contribution in [0.25, 0.3) is 0 Å². The van der Waals surface area contributed by atoms with E-state index in [2.05, 4.69) is 29.6 Å². The molecule has 0 spiro atoms. The van der Waals surface area contributed by atoms with Crippen molar-refractivity contribution in [3.63, 3.8) is 0 Å². The molecular weight excluding hydrogens is 480 g/mol. The van der Waals surface area contributed by atoms with E-state index in [1.165, 1.54) is 38.5 Å². The number of aliphatic hydroxyl groups excluding tert-OH is 1. The van der Waals surface area contributed by atoms with Gasteiger partial charge in [-0.25, -0.2) is 4.79 Å². The second-order valence-electron chi connectivity index (χ2n) is 13.8. The van der Waals surface area contributed by atoms with Gasteiger partial charge in [-0.1, -0.05) is 19.0 Å². The van der Waals surface area contributed by atoms with Gasteiger partial charge >= 0.3 is 6.09 Å². The Balaban J connectivity index is 1.18. The molecule has 0 aromatic heterocycles. The number of carbonyl (C=O) groups excluding carboxylic acids is 2. The SMILES string of the molecule is CNC(=O)C1CCC(CN(C)C(=O)O/N=C(\C)[C@H]2CC[C@H]3[C@@H]4CC[C@@H]5C[C@H](O)CC[C@]5(C)[C@H]4CC[C@]23C)N1. The van der Waals surface area contributed by atoms with Gasteiger partial charge in [0.05, 0.1) is 17.9 Å². The van der Waals surface area contributed by atoms with Crippen LogP contribution in [0.5, 0.6) is 0 Å². The summed E-state index contributed by atoms with van der Waals surface area (Å²) in [7, 11) is 3.38. The largest absolute Gasteiger partial charge is 0.435 e. The van der Waals surface area contributed by atoms with E-state index in [0.717, 1.165) is 49.7 Å². The highest BCUT2D eigenvalue weighted by atomic mass is 16.7. The molecule has 5 fully saturated rings. The number of likely N-dealkylation sites (N-methyl/N-ethyl adjacent to an activating group) is 2. The third-order valence-electron chi connectivity index (χ3n) is 12.0. The lowest BCUT2D eigenvalue weighted by molar-refractivity contribution is -0.123. The van der Waals surface area contributed by atoms with Crippen molar-refractivity contribution in [2.24, 2.45) is 45.6 Å². The smallest absolute Gasteiger partial charge is 0.393 e. The molecule has 0 aromatic carbocycles. The van der Waals surface area contributed by atoms with Gasteiger partial charge in [-0.15, -0.1) is 0 Å². The van der Waals surface area contributed by atoms with Gasteiger partial charge < -0.3 is 20.6 Å². The number of nitrogens with zero attached hydrogens (tertiary/aromatic N) is 2. The van der Waals surface area contributed by atoms with Crippen molar-refractivity contribution < 1.29 is 19.5 Å². The fourth-order valence-electron chi connectivity index (χ4n) is 9.92. The molecule has 8 heteroatoms. The molecule has 0 aromatic rings. The molecule has 8 nitrogen and oxygen atoms in total. The maximum Gasteiger partial charge on any atom is 0.435 e. The summed E-state index contributed by atoms with van der Waals surface area (Å²) in [6.45, 7) is 7.55. The molecule has 214 valence electrons. The normalized spacial score (nSPS) is 44.5. The lowest BCUT2D eigenvalue weighted by atomic mass is 9.44. The second kappa shape index (κ2) is 10.7. The van der Waals surface area contributed by atoms with Crippen LogP contribution >= 0.6 is 0 Å². The first kappa shape index (κ1) is 27.9. The fourth-order valence-corrected chi connectivity index (χ4v) is 9.92. The van der Waals surface area contributed by atoms with Crippen LogP contribution in [-0.2, 0) is 9.63 Å². The molecule has 3 N–H and O–H groups in total. The van der Waals surface area contributed by atoms with Crippen molar-refractivity contribution in [3.05, 3.63) is 0 Å². The molecule has 1 aliphatic heterocycles. The summed E-state index contributed by atoms with van der Waals surface area (Å²) in [5.41, 5.74) is 1.56. The van der Waals surface area contributed by atoms with Crippen molar-refractivity contribution >= 4 is 17.7 Å². The molecule has 1 saturated heterocycles. The van der Waals surface area contributed by atoms with E-state index < -0.39 is 6.09 Å². The summed E-state index contributed by atoms with van der Waals surface area (Å²) in [6.07, 6.45) is 11.7. The number of carbonyl (C=O) groups is 2. The average Bonchev–Trinajstić information content (AvgIpc) is 3.51. The molecular formula is C30H50N4O4. The van der Waals surface area contributed by atoms with E-state index >= 15 is 0 Å². The van der Waals surface area contributed by atoms with Gasteiger partial charge in [-0.2, -0.15) is 0 Å². The zero-order valence-electron chi connectivity index (χ0n) is 24.2. The van der Waals surface area contributed by atoms with Crippen LogP contribution in [0.15, 0.2) is 5.16 Å². The van der Waals surface area contributed by atoms with Crippen molar-refractivity contribution in [1.82, 2.24) is 15.5 Å². The first-order valence-electron chi connectivity index (χ1n) is 15.2. The maximum atomic E-state index is 12.7. The van der Waals surface area contributed by atoms with Gasteiger partial charge in [0.15, 0.2) is 0 Å². The fraction of sp³-hybridized carbons (Fsp3) is 0.900. The number of rotatable bonds is 5. The Bertz CT molecular complexity index is 941. The van der Waals surface area contributed by atoms with Crippen LogP contribution in [0.1, 0.15) is 91.4 Å². The number of aliphatic hydroxyl groups is 1. The molecule has 4 aliphatic carbocycles. The molecule has 2 unspecified atom stereocenters. The molecule has 0 bridgehead atoms. The van der Waals surface area contributed by atoms with Gasteiger partial charge in [0.25, 0.3) is 0 Å². The predicted molar refractivity (Wildman–Crippen MR) is 147 cm³/mol. The third-order valence-corrected chi connectivity index (χ3v) is 12.0. The lowest BCUT2D eigenvalue weighted by Gasteiger charge is -2.61. The highest BCUT2D eigenvalue weighted by Gasteiger charge is 2.60. The van der Waals surface area contributed by atoms with Crippen LogP contribution < -0.4 is 10.6 Å². The van der Waals surface area contributed by atoms with Crippen molar-refractivity contribution in [2.45, 2.75) is 110 Å². The lowest BCUT2D eigenvalue weighted by Crippen LogP contribution is -2.54. The Labute approximate surface area is 228 Å². The third kappa shape index (κ3) is 4.89. The minimum Gasteiger partial charge on any atom is -0.393 e. The second-order valence-corrected chi connectivity index (χ2v) is 13.8. The highest BCUT2D eigenvalue weighted by molar-refractivity contribution is 5.85. The van der Waals surface area contributed by atoms with Gasteiger partial charge in [-0.05, 0) is 112 Å². The first-order valence-corrected chi connectivity index (χ1v) is 15.2. The number of fused-ring (bicyclic) bond motifs is 5. The van der Waals surface area contributed by atoms with Crippen molar-refractivity contribution in [1.29, 1.82) is 0 Å². The number of oxime groups is 1. The predicted octanol–water partition coefficient (Wildman–Crippen LogP) is 4.32. The molecule has 2 amide bonds. The van der Waals surface area contributed by atoms with Gasteiger partial charge in [-0.3, -0.25) is 9.63 Å². The average molecular weight is 531 g/mol. The highest BCUT2D eigenvalue weighted by Crippen LogP contribution is 2.67. The standard InChI is InChI=1S/C30H50N4O4/c1-18(33-38-28(37)34(5)17-20-7-11-26(32-20)27(36)31-4)23-9-10-24-22-8-6-19-16-21(35)12-14-29(19,2)25(22)13-15-30(23,24)3/h19-26,32,35H,6-17H2,1-5H3,(H,31,36)/b33-18+/t19-,20?,21-,22+,23-,24+,25+,26?,29+,30-/m1/s1. The van der Waals surface area contributed by atoms with Gasteiger partial charge in [0.2, 0.25) is 5.91 Å². The summed E-state index contributed by atoms with van der Waals surface area (Å²) in [5.74, 6) is 3.30. The van der Waals surface area contributed by atoms with Crippen LogP contribution in [0, 0.1) is 40.4 Å². The molecule has 0 radical (unpaired) electrons. The first-order chi connectivity index (χ1) is 18.1. The molecule has 10 atom stereocenters. The van der Waals surface area contributed by atoms with E-state index in [1.807, 2.05) is 6.92 Å². The quantitative estimate of drug-likeness (QED) is 0.279. The van der Waals surface area contributed by atoms with Crippen molar-refractivity contribution in [3.8, 4) is 0 Å². The molecule has 4 saturated carbocycles. The molecule has 1 heterocycles. The molecule has 5 rings (SSSR count). The van der Waals surface area contributed by atoms with Crippen molar-refractivity contribution in [2.75, 3.05) is 20.6 Å². The number of amides is 2. The minimum absolute atomic E-state index is 0.00459. The minimum atomic E-state index is -0.441. The Morgan fingerprint density at radius 3 is 2.53 bits per heavy atom. The summed E-state index contributed by atoms with van der Waals surface area (Å²) in [5, 5.41) is 20.7. The van der Waals surface area contributed by atoms with Gasteiger partial charge in [0.1, 0.15) is 0 Å². The summed E-state index contributed by atoms with van der Waals surface area (Å²) < 4.78 is 0. The maximum absolute atomic E-state index is 12.7. The number of nitrogens with one attached hydrogen (secondary N) is 2. The molecule has 5 aliphatic rings. The Morgan fingerprint density at radius 2 is 1.76 bits per heavy atom. The topological polar surface area (TPSA) is 103 Å². The summed E-state index contributed by atoms with van der Waals surface area (Å²) in [6, 6.07) is -0.114. The van der Waals surface area contributed by atoms with E-state index in [4.69, 9.17) is 4.84 Å². The zero-order chi connectivity index (χ0) is 27.2. The van der Waals surface area contributed by atoms with E-state index in [9.17, 15) is 14.7 Å². The summed E-state index contributed by atoms with van der Waals surface area (Å²) in [4.78, 5) is 31.6. The van der Waals surface area contributed by atoms with Crippen LogP contribution in [-0.4, -0.2) is 66.5 Å². The van der Waals surface area contributed by atoms with Crippen LogP contribution in [0.4, 0.5) is 4.79 Å². The van der Waals surface area contributed by atoms with Crippen LogP contribution in [0.3, 0.4) is 0 Å². The zero-order valence-corrected chi connectivity index (χ0v) is 24.2. The Morgan fingerprint density at radius 1 is 1.03 bits per heavy atom. The van der Waals surface area contributed by atoms with E-state index in [0.29, 0.717) is 29.7 Å². The van der Waals surface area contributed by atoms with E-state index in [1.54, 1.807) is 19.0 Å². The Hall–Kier alpha value is -1.67. The molecule has 38 heavy (non-hydrogen) atoms. The number of hydrogen-bond acceptors (Lipinski definition) is 6. The summed E-state index contributed by atoms with van der Waals surface area (Å²) >= 11 is 0. The Kier molecular flexibility index (Phi) is 7.86. The van der Waals surface area contributed by atoms with E-state index in [-0.39, 0.29) is 29.5 Å².